The molecule has 0 fully saturated rings. The Kier molecular flexibility index (Phi) is 3.96. The van der Waals surface area contributed by atoms with Crippen molar-refractivity contribution >= 4 is 17.2 Å². The third-order valence-corrected chi connectivity index (χ3v) is 4.25. The molecule has 21 heavy (non-hydrogen) atoms. The first-order chi connectivity index (χ1) is 10.3. The van der Waals surface area contributed by atoms with Crippen LogP contribution in [-0.4, -0.2) is 20.2 Å². The van der Waals surface area contributed by atoms with Gasteiger partial charge in [0.15, 0.2) is 5.82 Å². The molecule has 0 spiro atoms. The number of thiazole rings is 1. The van der Waals surface area contributed by atoms with E-state index < -0.39 is 0 Å². The van der Waals surface area contributed by atoms with E-state index in [1.165, 1.54) is 11.3 Å². The van der Waals surface area contributed by atoms with Crippen LogP contribution in [0.4, 0.5) is 5.82 Å². The minimum atomic E-state index is 0.665. The number of nitrogens with zero attached hydrogens (tertiary/aromatic N) is 3. The fourth-order valence-electron chi connectivity index (χ4n) is 2.12. The highest BCUT2D eigenvalue weighted by Crippen LogP contribution is 2.22. The number of aromatic amines is 1. The lowest BCUT2D eigenvalue weighted by atomic mass is 10.2. The Balaban J connectivity index is 1.69. The number of hydrogen-bond acceptors (Lipinski definition) is 5. The highest BCUT2D eigenvalue weighted by Gasteiger charge is 2.09. The van der Waals surface area contributed by atoms with Crippen molar-refractivity contribution in [3.05, 3.63) is 46.7 Å². The molecule has 0 atom stereocenters. The quantitative estimate of drug-likeness (QED) is 0.757. The maximum absolute atomic E-state index is 4.61. The molecule has 0 aliphatic rings. The van der Waals surface area contributed by atoms with E-state index in [0.717, 1.165) is 28.6 Å². The summed E-state index contributed by atoms with van der Waals surface area (Å²) in [7, 11) is 0. The van der Waals surface area contributed by atoms with Crippen LogP contribution in [0.5, 0.6) is 0 Å². The maximum atomic E-state index is 4.61. The summed E-state index contributed by atoms with van der Waals surface area (Å²) in [5.74, 6) is 0.902. The first-order valence-electron chi connectivity index (χ1n) is 6.91. The summed E-state index contributed by atoms with van der Waals surface area (Å²) in [4.78, 5) is 8.93. The monoisotopic (exact) mass is 299 g/mol. The second-order valence-electron chi connectivity index (χ2n) is 4.74. The summed E-state index contributed by atoms with van der Waals surface area (Å²) in [6, 6.07) is 5.85. The van der Waals surface area contributed by atoms with Crippen molar-refractivity contribution in [2.75, 3.05) is 5.32 Å². The van der Waals surface area contributed by atoms with Crippen LogP contribution in [0.2, 0.25) is 0 Å². The van der Waals surface area contributed by atoms with Crippen LogP contribution in [0.25, 0.3) is 10.7 Å². The van der Waals surface area contributed by atoms with Gasteiger partial charge >= 0.3 is 0 Å². The molecule has 5 nitrogen and oxygen atoms in total. The summed E-state index contributed by atoms with van der Waals surface area (Å²) in [6.07, 6.45) is 2.75. The number of nitrogens with one attached hydrogen (secondary N) is 2. The van der Waals surface area contributed by atoms with Crippen molar-refractivity contribution < 1.29 is 0 Å². The third-order valence-electron chi connectivity index (χ3n) is 3.34. The molecular formula is C15H17N5S. The molecule has 0 radical (unpaired) electrons. The van der Waals surface area contributed by atoms with Gasteiger partial charge < -0.3 is 5.32 Å². The van der Waals surface area contributed by atoms with E-state index in [9.17, 15) is 0 Å². The zero-order valence-corrected chi connectivity index (χ0v) is 12.9. The van der Waals surface area contributed by atoms with E-state index in [-0.39, 0.29) is 0 Å². The van der Waals surface area contributed by atoms with Crippen LogP contribution in [0.1, 0.15) is 23.9 Å². The Bertz CT molecular complexity index is 717. The second-order valence-corrected chi connectivity index (χ2v) is 5.60. The van der Waals surface area contributed by atoms with E-state index in [4.69, 9.17) is 0 Å². The van der Waals surface area contributed by atoms with Crippen LogP contribution in [-0.2, 0) is 13.0 Å². The maximum Gasteiger partial charge on any atom is 0.151 e. The first-order valence-corrected chi connectivity index (χ1v) is 7.79. The minimum Gasteiger partial charge on any atom is -0.363 e. The molecule has 0 aliphatic carbocycles. The topological polar surface area (TPSA) is 66.5 Å². The predicted molar refractivity (Wildman–Crippen MR) is 85.4 cm³/mol. The molecule has 6 heteroatoms. The number of hydrogen-bond donors (Lipinski definition) is 2. The Labute approximate surface area is 127 Å². The normalized spacial score (nSPS) is 10.8. The average molecular weight is 299 g/mol. The molecular weight excluding hydrogens is 282 g/mol. The molecule has 0 aliphatic heterocycles. The van der Waals surface area contributed by atoms with Gasteiger partial charge in [0.05, 0.1) is 17.9 Å². The van der Waals surface area contributed by atoms with Crippen LogP contribution in [0.15, 0.2) is 29.8 Å². The Morgan fingerprint density at radius 2 is 2.24 bits per heavy atom. The molecule has 0 aromatic carbocycles. The number of anilines is 1. The lowest BCUT2D eigenvalue weighted by Crippen LogP contribution is -2.01. The predicted octanol–water partition coefficient (Wildman–Crippen LogP) is 3.41. The van der Waals surface area contributed by atoms with E-state index >= 15 is 0 Å². The van der Waals surface area contributed by atoms with Crippen LogP contribution < -0.4 is 5.32 Å². The van der Waals surface area contributed by atoms with Crippen LogP contribution >= 0.6 is 11.3 Å². The number of aryl methyl sites for hydroxylation is 1. The molecule has 0 bridgehead atoms. The lowest BCUT2D eigenvalue weighted by molar-refractivity contribution is 0.963. The van der Waals surface area contributed by atoms with Gasteiger partial charge in [0.1, 0.15) is 5.01 Å². The van der Waals surface area contributed by atoms with E-state index in [0.29, 0.717) is 6.54 Å². The number of H-pyrrole nitrogens is 1. The van der Waals surface area contributed by atoms with E-state index in [1.54, 1.807) is 17.5 Å². The fourth-order valence-corrected chi connectivity index (χ4v) is 2.91. The van der Waals surface area contributed by atoms with Gasteiger partial charge in [-0.3, -0.25) is 10.1 Å². The van der Waals surface area contributed by atoms with Gasteiger partial charge in [-0.05, 0) is 25.5 Å². The molecule has 3 heterocycles. The molecule has 0 amide bonds. The highest BCUT2D eigenvalue weighted by atomic mass is 32.1. The minimum absolute atomic E-state index is 0.665. The lowest BCUT2D eigenvalue weighted by Gasteiger charge is -2.01. The van der Waals surface area contributed by atoms with Crippen LogP contribution in [0, 0.1) is 6.92 Å². The summed E-state index contributed by atoms with van der Waals surface area (Å²) >= 11 is 1.61. The van der Waals surface area contributed by atoms with Gasteiger partial charge in [-0.25, -0.2) is 4.98 Å². The standard InChI is InChI=1S/C15H17N5S/c1-3-12-10(2)14(20-19-12)17-8-11-9-21-15(18-11)13-6-4-5-7-16-13/h4-7,9H,3,8H2,1-2H3,(H2,17,19,20). The molecule has 3 rings (SSSR count). The van der Waals surface area contributed by atoms with Gasteiger partial charge in [-0.2, -0.15) is 5.10 Å². The summed E-state index contributed by atoms with van der Waals surface area (Å²) in [5, 5.41) is 13.7. The summed E-state index contributed by atoms with van der Waals surface area (Å²) < 4.78 is 0. The van der Waals surface area contributed by atoms with Crippen molar-refractivity contribution in [2.45, 2.75) is 26.8 Å². The Hall–Kier alpha value is -2.21. The van der Waals surface area contributed by atoms with Gasteiger partial charge in [-0.1, -0.05) is 13.0 Å². The molecule has 0 saturated carbocycles. The molecule has 0 saturated heterocycles. The van der Waals surface area contributed by atoms with Gasteiger partial charge in [0, 0.05) is 22.8 Å². The van der Waals surface area contributed by atoms with Crippen LogP contribution in [0.3, 0.4) is 0 Å². The van der Waals surface area contributed by atoms with Crippen molar-refractivity contribution in [1.29, 1.82) is 0 Å². The Morgan fingerprint density at radius 3 is 2.95 bits per heavy atom. The van der Waals surface area contributed by atoms with Crippen molar-refractivity contribution in [3.8, 4) is 10.7 Å². The fraction of sp³-hybridized carbons (Fsp3) is 0.267. The van der Waals surface area contributed by atoms with Crippen molar-refractivity contribution in [1.82, 2.24) is 20.2 Å². The molecule has 0 unspecified atom stereocenters. The van der Waals surface area contributed by atoms with Gasteiger partial charge in [-0.15, -0.1) is 11.3 Å². The molecule has 3 aromatic rings. The van der Waals surface area contributed by atoms with E-state index in [2.05, 4.69) is 44.7 Å². The third kappa shape index (κ3) is 2.95. The highest BCUT2D eigenvalue weighted by molar-refractivity contribution is 7.13. The first kappa shape index (κ1) is 13.8. The smallest absolute Gasteiger partial charge is 0.151 e. The van der Waals surface area contributed by atoms with E-state index in [1.807, 2.05) is 18.2 Å². The zero-order valence-electron chi connectivity index (χ0n) is 12.1. The molecule has 2 N–H and O–H groups in total. The number of pyridine rings is 1. The number of aromatic nitrogens is 4. The van der Waals surface area contributed by atoms with Gasteiger partial charge in [0.2, 0.25) is 0 Å². The number of rotatable bonds is 5. The second kappa shape index (κ2) is 6.05. The average Bonchev–Trinajstić information content (AvgIpc) is 3.13. The largest absolute Gasteiger partial charge is 0.363 e. The Morgan fingerprint density at radius 1 is 1.33 bits per heavy atom. The summed E-state index contributed by atoms with van der Waals surface area (Å²) in [6.45, 7) is 4.85. The molecule has 3 aromatic heterocycles. The summed E-state index contributed by atoms with van der Waals surface area (Å²) in [5.41, 5.74) is 4.27. The zero-order chi connectivity index (χ0) is 14.7. The van der Waals surface area contributed by atoms with Crippen molar-refractivity contribution in [2.24, 2.45) is 0 Å². The van der Waals surface area contributed by atoms with Gasteiger partial charge in [0.25, 0.3) is 0 Å². The SMILES string of the molecule is CCc1[nH]nc(NCc2csc(-c3ccccn3)n2)c1C. The van der Waals surface area contributed by atoms with Crippen molar-refractivity contribution in [3.63, 3.8) is 0 Å². The molecule has 108 valence electrons.